The highest BCUT2D eigenvalue weighted by atomic mass is 35.5. The summed E-state index contributed by atoms with van der Waals surface area (Å²) < 4.78 is 30.1. The van der Waals surface area contributed by atoms with Gasteiger partial charge in [-0.3, -0.25) is 4.79 Å². The molecular weight excluding hydrogens is 413 g/mol. The quantitative estimate of drug-likeness (QED) is 0.686. The number of halogens is 2. The van der Waals surface area contributed by atoms with Crippen molar-refractivity contribution in [1.82, 2.24) is 15.0 Å². The van der Waals surface area contributed by atoms with E-state index in [9.17, 15) is 9.18 Å². The number of ether oxygens (including phenoxy) is 2. The van der Waals surface area contributed by atoms with E-state index in [2.05, 4.69) is 10.1 Å². The van der Waals surface area contributed by atoms with E-state index in [1.165, 1.54) is 18.2 Å². The van der Waals surface area contributed by atoms with E-state index in [4.69, 9.17) is 25.6 Å². The molecule has 30 heavy (non-hydrogen) atoms. The molecule has 9 heteroatoms. The lowest BCUT2D eigenvalue weighted by Crippen LogP contribution is -2.43. The fraction of sp³-hybridized carbons (Fsp3) is 0.571. The summed E-state index contributed by atoms with van der Waals surface area (Å²) in [5.41, 5.74) is 0.384. The lowest BCUT2D eigenvalue weighted by molar-refractivity contribution is 0.00251. The number of hydrogen-bond acceptors (Lipinski definition) is 6. The molecule has 162 valence electrons. The number of rotatable bonds is 6. The number of nitrogens with zero attached hydrogens (tertiary/aromatic N) is 3. The number of amides is 1. The molecule has 4 rings (SSSR count). The second kappa shape index (κ2) is 9.85. The third kappa shape index (κ3) is 5.17. The van der Waals surface area contributed by atoms with E-state index in [0.29, 0.717) is 43.4 Å². The molecule has 2 aliphatic heterocycles. The summed E-state index contributed by atoms with van der Waals surface area (Å²) in [5, 5.41) is 4.01. The van der Waals surface area contributed by atoms with Crippen molar-refractivity contribution in [2.75, 3.05) is 32.9 Å². The van der Waals surface area contributed by atoms with Crippen LogP contribution in [-0.2, 0) is 15.9 Å². The Morgan fingerprint density at radius 1 is 1.30 bits per heavy atom. The molecule has 1 unspecified atom stereocenters. The SMILES string of the molecule is O=C(c1ccc(F)c(Cl)c1)N1CCCC(OCCc2noc(C3CCOCC3)n2)C1. The summed E-state index contributed by atoms with van der Waals surface area (Å²) in [6.45, 7) is 3.06. The van der Waals surface area contributed by atoms with E-state index in [1.807, 2.05) is 0 Å². The Labute approximate surface area is 179 Å². The van der Waals surface area contributed by atoms with Gasteiger partial charge in [0.2, 0.25) is 5.89 Å². The van der Waals surface area contributed by atoms with Crippen LogP contribution >= 0.6 is 11.6 Å². The highest BCUT2D eigenvalue weighted by Crippen LogP contribution is 2.25. The Bertz CT molecular complexity index is 872. The molecule has 1 aromatic carbocycles. The van der Waals surface area contributed by atoms with Gasteiger partial charge in [-0.1, -0.05) is 16.8 Å². The van der Waals surface area contributed by atoms with Gasteiger partial charge in [0.05, 0.1) is 17.7 Å². The van der Waals surface area contributed by atoms with Crippen LogP contribution in [0, 0.1) is 5.82 Å². The molecule has 2 saturated heterocycles. The van der Waals surface area contributed by atoms with Gasteiger partial charge < -0.3 is 18.9 Å². The summed E-state index contributed by atoms with van der Waals surface area (Å²) in [5.74, 6) is 0.902. The van der Waals surface area contributed by atoms with Gasteiger partial charge in [-0.2, -0.15) is 4.98 Å². The maximum atomic E-state index is 13.4. The van der Waals surface area contributed by atoms with Crippen LogP contribution in [-0.4, -0.2) is 60.0 Å². The van der Waals surface area contributed by atoms with E-state index >= 15 is 0 Å². The topological polar surface area (TPSA) is 77.7 Å². The van der Waals surface area contributed by atoms with Crippen LogP contribution in [0.2, 0.25) is 5.02 Å². The van der Waals surface area contributed by atoms with E-state index in [0.717, 1.165) is 38.9 Å². The van der Waals surface area contributed by atoms with Crippen LogP contribution in [0.25, 0.3) is 0 Å². The Morgan fingerprint density at radius 3 is 2.93 bits per heavy atom. The second-order valence-corrected chi connectivity index (χ2v) is 8.11. The number of benzene rings is 1. The van der Waals surface area contributed by atoms with Crippen molar-refractivity contribution in [3.63, 3.8) is 0 Å². The molecule has 0 radical (unpaired) electrons. The predicted molar refractivity (Wildman–Crippen MR) is 107 cm³/mol. The Balaban J connectivity index is 1.25. The molecule has 0 aliphatic carbocycles. The van der Waals surface area contributed by atoms with Gasteiger partial charge in [-0.15, -0.1) is 0 Å². The maximum Gasteiger partial charge on any atom is 0.253 e. The van der Waals surface area contributed by atoms with Gasteiger partial charge in [0, 0.05) is 44.2 Å². The van der Waals surface area contributed by atoms with Crippen molar-refractivity contribution in [2.45, 2.75) is 44.1 Å². The van der Waals surface area contributed by atoms with Gasteiger partial charge in [-0.05, 0) is 43.9 Å². The van der Waals surface area contributed by atoms with Crippen LogP contribution in [0.4, 0.5) is 4.39 Å². The highest BCUT2D eigenvalue weighted by molar-refractivity contribution is 6.31. The lowest BCUT2D eigenvalue weighted by Gasteiger charge is -2.32. The number of likely N-dealkylation sites (tertiary alicyclic amines) is 1. The Hall–Kier alpha value is -2.03. The number of carbonyl (C=O) groups is 1. The van der Waals surface area contributed by atoms with Crippen molar-refractivity contribution in [1.29, 1.82) is 0 Å². The highest BCUT2D eigenvalue weighted by Gasteiger charge is 2.26. The average molecular weight is 438 g/mol. The zero-order valence-corrected chi connectivity index (χ0v) is 17.4. The third-order valence-corrected chi connectivity index (χ3v) is 5.86. The molecule has 0 spiro atoms. The molecule has 0 N–H and O–H groups in total. The largest absolute Gasteiger partial charge is 0.381 e. The molecule has 7 nitrogen and oxygen atoms in total. The van der Waals surface area contributed by atoms with Gasteiger partial charge in [-0.25, -0.2) is 4.39 Å². The zero-order valence-electron chi connectivity index (χ0n) is 16.7. The first-order valence-corrected chi connectivity index (χ1v) is 10.7. The summed E-state index contributed by atoms with van der Waals surface area (Å²) in [7, 11) is 0. The molecule has 0 saturated carbocycles. The van der Waals surface area contributed by atoms with Gasteiger partial charge in [0.25, 0.3) is 5.91 Å². The summed E-state index contributed by atoms with van der Waals surface area (Å²) >= 11 is 5.81. The second-order valence-electron chi connectivity index (χ2n) is 7.70. The van der Waals surface area contributed by atoms with Crippen molar-refractivity contribution in [3.8, 4) is 0 Å². The van der Waals surface area contributed by atoms with Crippen molar-refractivity contribution in [2.24, 2.45) is 0 Å². The molecule has 2 aliphatic rings. The monoisotopic (exact) mass is 437 g/mol. The van der Waals surface area contributed by atoms with E-state index < -0.39 is 5.82 Å². The minimum absolute atomic E-state index is 0.0501. The predicted octanol–water partition coefficient (Wildman–Crippen LogP) is 3.62. The molecule has 0 bridgehead atoms. The minimum atomic E-state index is -0.533. The Morgan fingerprint density at radius 2 is 2.13 bits per heavy atom. The number of carbonyl (C=O) groups excluding carboxylic acids is 1. The smallest absolute Gasteiger partial charge is 0.253 e. The summed E-state index contributed by atoms with van der Waals surface area (Å²) in [6.07, 6.45) is 4.05. The lowest BCUT2D eigenvalue weighted by atomic mass is 10.0. The van der Waals surface area contributed by atoms with Crippen LogP contribution in [0.1, 0.15) is 53.7 Å². The zero-order chi connectivity index (χ0) is 20.9. The molecule has 1 aromatic heterocycles. The van der Waals surface area contributed by atoms with Crippen molar-refractivity contribution >= 4 is 17.5 Å². The molecule has 3 heterocycles. The van der Waals surface area contributed by atoms with Gasteiger partial charge in [0.1, 0.15) is 5.82 Å². The summed E-state index contributed by atoms with van der Waals surface area (Å²) in [6, 6.07) is 4.04. The number of piperidine rings is 1. The fourth-order valence-corrected chi connectivity index (χ4v) is 4.05. The van der Waals surface area contributed by atoms with E-state index in [1.54, 1.807) is 4.90 Å². The fourth-order valence-electron chi connectivity index (χ4n) is 3.87. The molecule has 1 amide bonds. The first kappa shape index (κ1) is 21.2. The van der Waals surface area contributed by atoms with Crippen LogP contribution < -0.4 is 0 Å². The number of hydrogen-bond donors (Lipinski definition) is 0. The van der Waals surface area contributed by atoms with Crippen molar-refractivity contribution < 1.29 is 23.2 Å². The van der Waals surface area contributed by atoms with Crippen LogP contribution in [0.15, 0.2) is 22.7 Å². The standard InChI is InChI=1S/C21H25ClFN3O4/c22-17-12-15(3-4-18(17)23)21(27)26-8-1-2-16(13-26)29-11-7-19-24-20(30-25-19)14-5-9-28-10-6-14/h3-4,12,14,16H,1-2,5-11,13H2. The van der Waals surface area contributed by atoms with Crippen molar-refractivity contribution in [3.05, 3.63) is 46.3 Å². The van der Waals surface area contributed by atoms with E-state index in [-0.39, 0.29) is 23.0 Å². The van der Waals surface area contributed by atoms with Crippen LogP contribution in [0.3, 0.4) is 0 Å². The molecule has 2 aromatic rings. The average Bonchev–Trinajstić information content (AvgIpc) is 3.25. The normalized spacial score (nSPS) is 20.5. The molecular formula is C21H25ClFN3O4. The maximum absolute atomic E-state index is 13.4. The van der Waals surface area contributed by atoms with Gasteiger partial charge in [0.15, 0.2) is 5.82 Å². The molecule has 2 fully saturated rings. The van der Waals surface area contributed by atoms with Crippen LogP contribution in [0.5, 0.6) is 0 Å². The number of aromatic nitrogens is 2. The Kier molecular flexibility index (Phi) is 6.97. The first-order valence-electron chi connectivity index (χ1n) is 10.4. The first-order chi connectivity index (χ1) is 14.6. The summed E-state index contributed by atoms with van der Waals surface area (Å²) in [4.78, 5) is 18.9. The minimum Gasteiger partial charge on any atom is -0.381 e. The molecule has 1 atom stereocenters. The van der Waals surface area contributed by atoms with Gasteiger partial charge >= 0.3 is 0 Å². The third-order valence-electron chi connectivity index (χ3n) is 5.57.